The van der Waals surface area contributed by atoms with E-state index < -0.39 is 55.1 Å². The average molecular weight is 1660 g/mol. The van der Waals surface area contributed by atoms with E-state index in [0.29, 0.717) is 28.2 Å². The molecule has 0 saturated carbocycles. The molecule has 2 aliphatic heterocycles. The Kier molecular flexibility index (Phi) is 15.0. The van der Waals surface area contributed by atoms with Crippen LogP contribution in [0.5, 0.6) is 0 Å². The number of hydrogen-bond donors (Lipinski definition) is 0. The molecule has 5 aromatic heterocycles. The van der Waals surface area contributed by atoms with Crippen molar-refractivity contribution in [2.24, 2.45) is 0 Å². The summed E-state index contributed by atoms with van der Waals surface area (Å²) in [5, 5.41) is 8.47. The molecule has 0 amide bonds. The van der Waals surface area contributed by atoms with Crippen LogP contribution in [0.3, 0.4) is 0 Å². The molecule has 22 aromatic rings. The minimum Gasteiger partial charge on any atom is -0.453 e. The van der Waals surface area contributed by atoms with Crippen molar-refractivity contribution in [1.82, 2.24) is 13.7 Å². The molecule has 6 nitrogen and oxygen atoms in total. The fourth-order valence-electron chi connectivity index (χ4n) is 20.9. The lowest BCUT2D eigenvalue weighted by Gasteiger charge is -2.44. The summed E-state index contributed by atoms with van der Waals surface area (Å²) in [5.41, 5.74) is 29.3. The summed E-state index contributed by atoms with van der Waals surface area (Å²) < 4.78 is 95.6. The fraction of sp³-hybridized carbons (Fsp3) is 0.143. The Labute approximate surface area is 756 Å². The van der Waals surface area contributed by atoms with Gasteiger partial charge in [-0.05, 0) is 227 Å². The second-order valence-electron chi connectivity index (χ2n) is 39.1. The molecule has 0 fully saturated rings. The first-order chi connectivity index (χ1) is 64.7. The number of thiophene rings is 1. The molecule has 2 aliphatic rings. The second-order valence-corrected chi connectivity index (χ2v) is 40.1. The zero-order chi connectivity index (χ0) is 93.1. The molecule has 0 bridgehead atoms. The molecule has 0 unspecified atom stereocenters. The molecule has 0 atom stereocenters. The molecule has 0 radical (unpaired) electrons. The summed E-state index contributed by atoms with van der Waals surface area (Å²) in [6, 6.07) is 105. The first kappa shape index (κ1) is 68.2. The van der Waals surface area contributed by atoms with Crippen LogP contribution in [0.1, 0.15) is 122 Å². The Morgan fingerprint density at radius 3 is 1.28 bits per heavy atom. The average Bonchev–Trinajstić information content (AvgIpc) is 1.62. The number of fused-ring (bicyclic) bond motifs is 19. The number of benzene rings is 17. The predicted molar refractivity (Wildman–Crippen MR) is 545 cm³/mol. The third-order valence-electron chi connectivity index (χ3n) is 27.2. The van der Waals surface area contributed by atoms with E-state index in [-0.39, 0.29) is 43.5 Å². The maximum Gasteiger partial charge on any atom is 0.252 e. The molecule has 0 spiro atoms. The van der Waals surface area contributed by atoms with E-state index >= 15 is 0 Å². The molecule has 0 saturated heterocycles. The summed E-state index contributed by atoms with van der Waals surface area (Å²) in [6.45, 7) is 29.1. The number of nitrogens with zero attached hydrogens (tertiary/aromatic N) is 5. The molecule has 7 heterocycles. The van der Waals surface area contributed by atoms with Crippen LogP contribution in [0.15, 0.2) is 350 Å². The van der Waals surface area contributed by atoms with Gasteiger partial charge in [-0.15, -0.1) is 11.3 Å². The number of para-hydroxylation sites is 4. The largest absolute Gasteiger partial charge is 0.453 e. The van der Waals surface area contributed by atoms with Gasteiger partial charge in [-0.1, -0.05) is 313 Å². The lowest BCUT2D eigenvalue weighted by atomic mass is 9.33. The predicted octanol–water partition coefficient (Wildman–Crippen LogP) is 31.5. The fourth-order valence-corrected chi connectivity index (χ4v) is 22.2. The molecular weight excluding hydrogens is 1560 g/mol. The van der Waals surface area contributed by atoms with Crippen molar-refractivity contribution in [2.45, 2.75) is 112 Å². The van der Waals surface area contributed by atoms with Gasteiger partial charge in [0, 0.05) is 98.2 Å². The quantitative estimate of drug-likeness (QED) is 0.135. The van der Waals surface area contributed by atoms with Crippen LogP contribution in [0.4, 0.5) is 34.1 Å². The standard InChI is InChI=1S/C119H96BN5OS/c1-71-61-106-95(70-96(71)119(11,12)13)94-65-80(118(8,9)10)53-60-103(94)122(106)82-55-57-97-107(67-82)124(104-45-27-40-89-88-39-25-37-84(112(88)126-113(89)104)77-34-24-33-76(62-77)73-31-18-15-19-32-73)109-68-83(123-99-43-22-20-35-86(99)87-36-21-23-44-100(87)123)69-110-111(109)120(97)98-56-54-81(121-101-58-51-78(116(2,3)4)63-92(101)93-64-79(117(5,6)7)52-59-102(93)121)66-108(98)125(110)105-46-28-42-91-90-41-26-38-85(114(90)127-115(91)105)75-49-47-74(48-50-75)72-29-16-14-17-30-72/h14-70H,1-13H3/i20D,21D,22D,23D,35D,36D,43D,44D. The van der Waals surface area contributed by atoms with Gasteiger partial charge in [-0.2, -0.15) is 0 Å². The van der Waals surface area contributed by atoms with Crippen LogP contribution >= 0.6 is 11.3 Å². The van der Waals surface area contributed by atoms with E-state index in [9.17, 15) is 11.0 Å². The maximum absolute atomic E-state index is 10.3. The van der Waals surface area contributed by atoms with Crippen molar-refractivity contribution in [2.75, 3.05) is 9.80 Å². The highest BCUT2D eigenvalue weighted by molar-refractivity contribution is 7.27. The van der Waals surface area contributed by atoms with Crippen LogP contribution in [0.2, 0.25) is 0 Å². The number of furan rings is 1. The van der Waals surface area contributed by atoms with Gasteiger partial charge < -0.3 is 27.9 Å². The zero-order valence-corrected chi connectivity index (χ0v) is 74.2. The van der Waals surface area contributed by atoms with E-state index in [0.717, 1.165) is 170 Å². The van der Waals surface area contributed by atoms with Crippen molar-refractivity contribution in [3.8, 4) is 61.6 Å². The number of aryl methyl sites for hydroxylation is 1. The van der Waals surface area contributed by atoms with Gasteiger partial charge in [0.25, 0.3) is 6.71 Å². The zero-order valence-electron chi connectivity index (χ0n) is 81.4. The monoisotopic (exact) mass is 1660 g/mol. The summed E-state index contributed by atoms with van der Waals surface area (Å²) in [6.07, 6.45) is 0. The van der Waals surface area contributed by atoms with Crippen LogP contribution in [-0.2, 0) is 21.7 Å². The van der Waals surface area contributed by atoms with Crippen LogP contribution in [0, 0.1) is 6.92 Å². The van der Waals surface area contributed by atoms with Crippen molar-refractivity contribution in [3.63, 3.8) is 0 Å². The van der Waals surface area contributed by atoms with E-state index in [1.165, 1.54) is 27.8 Å². The van der Waals surface area contributed by atoms with Crippen molar-refractivity contribution >= 4 is 176 Å². The van der Waals surface area contributed by atoms with Gasteiger partial charge >= 0.3 is 0 Å². The van der Waals surface area contributed by atoms with E-state index in [1.807, 2.05) is 12.1 Å². The van der Waals surface area contributed by atoms with Gasteiger partial charge in [0.2, 0.25) is 0 Å². The number of aromatic nitrogens is 3. The van der Waals surface area contributed by atoms with Crippen LogP contribution in [0.25, 0.3) is 169 Å². The van der Waals surface area contributed by atoms with Crippen molar-refractivity contribution in [1.29, 1.82) is 0 Å². The van der Waals surface area contributed by atoms with Gasteiger partial charge in [-0.25, -0.2) is 0 Å². The minimum absolute atomic E-state index is 0.00229. The third kappa shape index (κ3) is 11.9. The van der Waals surface area contributed by atoms with Gasteiger partial charge in [0.05, 0.1) is 65.8 Å². The summed E-state index contributed by atoms with van der Waals surface area (Å²) >= 11 is 1.76. The maximum atomic E-state index is 10.3. The highest BCUT2D eigenvalue weighted by Crippen LogP contribution is 2.55. The lowest BCUT2D eigenvalue weighted by molar-refractivity contribution is 0.587. The van der Waals surface area contributed by atoms with E-state index in [1.54, 1.807) is 15.9 Å². The molecular formula is C119H96BN5OS. The van der Waals surface area contributed by atoms with Crippen LogP contribution in [-0.4, -0.2) is 20.4 Å². The Hall–Kier alpha value is -14.2. The molecule has 127 heavy (non-hydrogen) atoms. The number of rotatable bonds is 9. The molecule has 17 aromatic carbocycles. The Morgan fingerprint density at radius 2 is 0.717 bits per heavy atom. The summed E-state index contributed by atoms with van der Waals surface area (Å²) in [5.74, 6) is 0. The van der Waals surface area contributed by atoms with E-state index in [2.05, 4.69) is 394 Å². The summed E-state index contributed by atoms with van der Waals surface area (Å²) in [7, 11) is 0. The molecule has 0 aliphatic carbocycles. The summed E-state index contributed by atoms with van der Waals surface area (Å²) in [4.78, 5) is 4.81. The SMILES string of the molecule is [2H]c1c([2H])c([2H])c2c(c1[2H])c1c([2H])c([2H])c([2H])c([2H])c1n2-c1cc2c3c(c1)N(c1cccc4c1sc1c(-c5ccc(-c6ccccc6)cc5)cccc14)c1cc(-n4c5ccc(C(C)(C)C)cc5c5cc(C(C)(C)C)ccc54)ccc1B3c1ccc(-n3c4ccc(C(C)(C)C)cc4c4cc(C(C)(C)C)c(C)cc43)cc1N2c1cccc2c1oc1c(-c3cccc(-c4ccccc4)c3)cccc12. The Morgan fingerprint density at radius 1 is 0.283 bits per heavy atom. The lowest BCUT2D eigenvalue weighted by Crippen LogP contribution is -2.61. The smallest absolute Gasteiger partial charge is 0.252 e. The van der Waals surface area contributed by atoms with Crippen molar-refractivity contribution in [3.05, 3.63) is 373 Å². The third-order valence-corrected chi connectivity index (χ3v) is 28.5. The first-order valence-electron chi connectivity index (χ1n) is 48.2. The molecule has 24 rings (SSSR count). The van der Waals surface area contributed by atoms with Crippen molar-refractivity contribution < 1.29 is 15.4 Å². The molecule has 612 valence electrons. The normalized spacial score (nSPS) is 14.1. The highest BCUT2D eigenvalue weighted by atomic mass is 32.1. The first-order valence-corrected chi connectivity index (χ1v) is 45.0. The second kappa shape index (κ2) is 27.9. The topological polar surface area (TPSA) is 34.4 Å². The van der Waals surface area contributed by atoms with Gasteiger partial charge in [-0.3, -0.25) is 0 Å². The highest BCUT2D eigenvalue weighted by Gasteiger charge is 2.46. The van der Waals surface area contributed by atoms with Gasteiger partial charge in [0.15, 0.2) is 5.58 Å². The van der Waals surface area contributed by atoms with Crippen LogP contribution < -0.4 is 26.2 Å². The molecule has 0 N–H and O–H groups in total. The molecule has 8 heteroatoms. The Balaban J connectivity index is 0.864. The number of hydrogen-bond acceptors (Lipinski definition) is 4. The minimum atomic E-state index is -0.575. The van der Waals surface area contributed by atoms with Gasteiger partial charge in [0.1, 0.15) is 5.58 Å². The van der Waals surface area contributed by atoms with E-state index in [4.69, 9.17) is 4.42 Å². The number of anilines is 6. The Bertz CT molecular complexity index is 8770.